The van der Waals surface area contributed by atoms with Gasteiger partial charge < -0.3 is 9.47 Å². The quantitative estimate of drug-likeness (QED) is 0.485. The topological polar surface area (TPSA) is 35.5 Å². The molecule has 1 aliphatic rings. The fraction of sp³-hybridized carbons (Fsp3) is 0.300. The van der Waals surface area contributed by atoms with Crippen molar-refractivity contribution >= 4 is 5.97 Å². The first-order valence-electron chi connectivity index (χ1n) is 4.12. The van der Waals surface area contributed by atoms with Crippen molar-refractivity contribution in [3.05, 3.63) is 23.8 Å². The zero-order valence-corrected chi connectivity index (χ0v) is 7.53. The van der Waals surface area contributed by atoms with Crippen molar-refractivity contribution in [3.8, 4) is 11.5 Å². The molecule has 1 heterocycles. The number of carbonyl (C=O) groups excluding carboxylic acids is 1. The van der Waals surface area contributed by atoms with E-state index in [9.17, 15) is 4.79 Å². The Hall–Kier alpha value is -1.51. The van der Waals surface area contributed by atoms with Crippen LogP contribution in [0.4, 0.5) is 0 Å². The van der Waals surface area contributed by atoms with Crippen LogP contribution in [-0.2, 0) is 4.79 Å². The molecule has 0 aliphatic carbocycles. The van der Waals surface area contributed by atoms with Crippen molar-refractivity contribution < 1.29 is 14.3 Å². The highest BCUT2D eigenvalue weighted by atomic mass is 16.5. The van der Waals surface area contributed by atoms with E-state index < -0.39 is 0 Å². The number of rotatable bonds is 1. The van der Waals surface area contributed by atoms with Gasteiger partial charge in [-0.15, -0.1) is 0 Å². The van der Waals surface area contributed by atoms with Crippen LogP contribution in [0.1, 0.15) is 18.4 Å². The largest absolute Gasteiger partial charge is 0.497 e. The number of hydrogen-bond donors (Lipinski definition) is 0. The van der Waals surface area contributed by atoms with E-state index in [1.54, 1.807) is 13.2 Å². The Labute approximate surface area is 76.3 Å². The lowest BCUT2D eigenvalue weighted by Crippen LogP contribution is -2.05. The number of carbonyl (C=O) groups is 1. The maximum absolute atomic E-state index is 11.2. The molecule has 0 spiro atoms. The second-order valence-electron chi connectivity index (χ2n) is 3.05. The number of benzene rings is 1. The molecule has 1 aromatic carbocycles. The molecule has 0 N–H and O–H groups in total. The number of hydrogen-bond acceptors (Lipinski definition) is 3. The van der Waals surface area contributed by atoms with Crippen LogP contribution in [0, 0.1) is 0 Å². The van der Waals surface area contributed by atoms with E-state index in [0.29, 0.717) is 11.5 Å². The zero-order valence-electron chi connectivity index (χ0n) is 7.53. The normalized spacial score (nSPS) is 19.5. The fourth-order valence-electron chi connectivity index (χ4n) is 1.41. The Bertz CT molecular complexity index is 357. The van der Waals surface area contributed by atoms with Crippen LogP contribution in [-0.4, -0.2) is 13.1 Å². The predicted octanol–water partition coefficient (Wildman–Crippen LogP) is 1.72. The summed E-state index contributed by atoms with van der Waals surface area (Å²) in [5.74, 6) is 0.988. The van der Waals surface area contributed by atoms with Crippen molar-refractivity contribution in [3.63, 3.8) is 0 Å². The SMILES string of the molecule is COc1ccc2c(c1)OC(=O)C2C. The van der Waals surface area contributed by atoms with Gasteiger partial charge >= 0.3 is 5.97 Å². The summed E-state index contributed by atoms with van der Waals surface area (Å²) in [4.78, 5) is 11.2. The van der Waals surface area contributed by atoms with Crippen LogP contribution >= 0.6 is 0 Å². The summed E-state index contributed by atoms with van der Waals surface area (Å²) >= 11 is 0. The molecule has 0 saturated carbocycles. The highest BCUT2D eigenvalue weighted by Crippen LogP contribution is 2.36. The first kappa shape index (κ1) is 8.10. The number of ether oxygens (including phenoxy) is 2. The summed E-state index contributed by atoms with van der Waals surface area (Å²) in [5, 5.41) is 0. The average Bonchev–Trinajstić information content (AvgIpc) is 2.42. The molecule has 1 unspecified atom stereocenters. The van der Waals surface area contributed by atoms with Crippen LogP contribution in [0.15, 0.2) is 18.2 Å². The van der Waals surface area contributed by atoms with Crippen molar-refractivity contribution in [2.24, 2.45) is 0 Å². The minimum Gasteiger partial charge on any atom is -0.497 e. The van der Waals surface area contributed by atoms with E-state index in [-0.39, 0.29) is 11.9 Å². The third kappa shape index (κ3) is 1.16. The van der Waals surface area contributed by atoms with E-state index in [2.05, 4.69) is 0 Å². The third-order valence-electron chi connectivity index (χ3n) is 2.25. The van der Waals surface area contributed by atoms with Crippen molar-refractivity contribution in [1.82, 2.24) is 0 Å². The summed E-state index contributed by atoms with van der Waals surface area (Å²) in [6.07, 6.45) is 0. The minimum atomic E-state index is -0.191. The van der Waals surface area contributed by atoms with Crippen LogP contribution in [0.5, 0.6) is 11.5 Å². The van der Waals surface area contributed by atoms with Crippen LogP contribution in [0.2, 0.25) is 0 Å². The third-order valence-corrected chi connectivity index (χ3v) is 2.25. The van der Waals surface area contributed by atoms with E-state index in [1.165, 1.54) is 0 Å². The molecule has 0 amide bonds. The molecule has 0 fully saturated rings. The first-order valence-corrected chi connectivity index (χ1v) is 4.12. The Kier molecular flexibility index (Phi) is 1.72. The van der Waals surface area contributed by atoms with Gasteiger partial charge in [-0.3, -0.25) is 4.79 Å². The summed E-state index contributed by atoms with van der Waals surface area (Å²) < 4.78 is 10.1. The molecule has 68 valence electrons. The number of esters is 1. The van der Waals surface area contributed by atoms with Gasteiger partial charge in [-0.05, 0) is 13.0 Å². The summed E-state index contributed by atoms with van der Waals surface area (Å²) in [7, 11) is 1.59. The van der Waals surface area contributed by atoms with Crippen molar-refractivity contribution in [1.29, 1.82) is 0 Å². The van der Waals surface area contributed by atoms with Crippen LogP contribution in [0.25, 0.3) is 0 Å². The molecule has 0 saturated heterocycles. The highest BCUT2D eigenvalue weighted by molar-refractivity contribution is 5.85. The van der Waals surface area contributed by atoms with E-state index in [1.807, 2.05) is 19.1 Å². The summed E-state index contributed by atoms with van der Waals surface area (Å²) in [5.41, 5.74) is 0.936. The molecule has 3 nitrogen and oxygen atoms in total. The molecule has 1 aliphatic heterocycles. The second kappa shape index (κ2) is 2.76. The predicted molar refractivity (Wildman–Crippen MR) is 47.0 cm³/mol. The standard InChI is InChI=1S/C10H10O3/c1-6-8-4-3-7(12-2)5-9(8)13-10(6)11/h3-6H,1-2H3. The summed E-state index contributed by atoms with van der Waals surface area (Å²) in [6.45, 7) is 1.83. The number of fused-ring (bicyclic) bond motifs is 1. The number of methoxy groups -OCH3 is 1. The Morgan fingerprint density at radius 3 is 2.92 bits per heavy atom. The second-order valence-corrected chi connectivity index (χ2v) is 3.05. The molecular formula is C10H10O3. The molecule has 0 radical (unpaired) electrons. The van der Waals surface area contributed by atoms with E-state index in [0.717, 1.165) is 5.56 Å². The van der Waals surface area contributed by atoms with Gasteiger partial charge in [0.15, 0.2) is 0 Å². The lowest BCUT2D eigenvalue weighted by atomic mass is 10.0. The lowest BCUT2D eigenvalue weighted by molar-refractivity contribution is -0.133. The van der Waals surface area contributed by atoms with Gasteiger partial charge in [0.1, 0.15) is 11.5 Å². The minimum absolute atomic E-state index is 0.152. The molecule has 2 rings (SSSR count). The summed E-state index contributed by atoms with van der Waals surface area (Å²) in [6, 6.07) is 5.43. The Morgan fingerprint density at radius 2 is 2.23 bits per heavy atom. The maximum Gasteiger partial charge on any atom is 0.318 e. The van der Waals surface area contributed by atoms with Gasteiger partial charge in [-0.2, -0.15) is 0 Å². The Morgan fingerprint density at radius 1 is 1.46 bits per heavy atom. The van der Waals surface area contributed by atoms with E-state index in [4.69, 9.17) is 9.47 Å². The molecule has 1 atom stereocenters. The van der Waals surface area contributed by atoms with Crippen LogP contribution < -0.4 is 9.47 Å². The highest BCUT2D eigenvalue weighted by Gasteiger charge is 2.29. The van der Waals surface area contributed by atoms with Crippen molar-refractivity contribution in [2.75, 3.05) is 7.11 Å². The van der Waals surface area contributed by atoms with Gasteiger partial charge in [-0.25, -0.2) is 0 Å². The fourth-order valence-corrected chi connectivity index (χ4v) is 1.41. The zero-order chi connectivity index (χ0) is 9.42. The van der Waals surface area contributed by atoms with E-state index >= 15 is 0 Å². The monoisotopic (exact) mass is 178 g/mol. The van der Waals surface area contributed by atoms with Gasteiger partial charge in [0.25, 0.3) is 0 Å². The first-order chi connectivity index (χ1) is 6.22. The van der Waals surface area contributed by atoms with Crippen LogP contribution in [0.3, 0.4) is 0 Å². The molecule has 0 aromatic heterocycles. The van der Waals surface area contributed by atoms with Gasteiger partial charge in [0, 0.05) is 11.6 Å². The van der Waals surface area contributed by atoms with Gasteiger partial charge in [-0.1, -0.05) is 6.07 Å². The Balaban J connectivity index is 2.46. The average molecular weight is 178 g/mol. The van der Waals surface area contributed by atoms with Crippen molar-refractivity contribution in [2.45, 2.75) is 12.8 Å². The lowest BCUT2D eigenvalue weighted by Gasteiger charge is -2.01. The molecule has 13 heavy (non-hydrogen) atoms. The maximum atomic E-state index is 11.2. The molecular weight excluding hydrogens is 168 g/mol. The molecule has 0 bridgehead atoms. The molecule has 1 aromatic rings. The molecule has 3 heteroatoms. The van der Waals surface area contributed by atoms with Gasteiger partial charge in [0.2, 0.25) is 0 Å². The van der Waals surface area contributed by atoms with Gasteiger partial charge in [0.05, 0.1) is 13.0 Å². The smallest absolute Gasteiger partial charge is 0.318 e.